The lowest BCUT2D eigenvalue weighted by Crippen LogP contribution is -2.41. The van der Waals surface area contributed by atoms with Gasteiger partial charge in [0.1, 0.15) is 0 Å². The van der Waals surface area contributed by atoms with Gasteiger partial charge in [-0.25, -0.2) is 13.1 Å². The predicted molar refractivity (Wildman–Crippen MR) is 87.4 cm³/mol. The molecule has 1 aliphatic heterocycles. The van der Waals surface area contributed by atoms with Crippen LogP contribution in [0.4, 0.5) is 0 Å². The zero-order chi connectivity index (χ0) is 16.7. The molecule has 1 amide bonds. The highest BCUT2D eigenvalue weighted by atomic mass is 32.2. The van der Waals surface area contributed by atoms with E-state index in [4.69, 9.17) is 4.74 Å². The van der Waals surface area contributed by atoms with Gasteiger partial charge in [0.25, 0.3) is 0 Å². The summed E-state index contributed by atoms with van der Waals surface area (Å²) in [7, 11) is -3.49. The van der Waals surface area contributed by atoms with Crippen molar-refractivity contribution < 1.29 is 17.9 Å². The molecule has 0 aromatic heterocycles. The van der Waals surface area contributed by atoms with Crippen LogP contribution < -0.4 is 10.0 Å². The molecule has 0 spiro atoms. The smallest absolute Gasteiger partial charge is 0.240 e. The minimum absolute atomic E-state index is 0.0110. The maximum atomic E-state index is 12.1. The number of ether oxygens (including phenoxy) is 1. The molecule has 1 aromatic rings. The topological polar surface area (TPSA) is 84.5 Å². The van der Waals surface area contributed by atoms with Gasteiger partial charge >= 0.3 is 0 Å². The van der Waals surface area contributed by atoms with Gasteiger partial charge in [-0.15, -0.1) is 0 Å². The number of carbonyl (C=O) groups excluding carboxylic acids is 1. The standard InChI is InChI=1S/C16H24N2O4S/c1-13(18-16(19)14-6-5-11-22-12-14)9-10-17-23(20,21)15-7-3-2-4-8-15/h2-4,7-8,13-14,17H,5-6,9-12H2,1H3,(H,18,19). The number of rotatable bonds is 7. The third-order valence-electron chi connectivity index (χ3n) is 3.84. The van der Waals surface area contributed by atoms with Crippen LogP contribution in [0.3, 0.4) is 0 Å². The van der Waals surface area contributed by atoms with E-state index in [1.165, 1.54) is 0 Å². The molecule has 1 aliphatic rings. The van der Waals surface area contributed by atoms with Crippen molar-refractivity contribution in [1.82, 2.24) is 10.0 Å². The summed E-state index contributed by atoms with van der Waals surface area (Å²) in [5.74, 6) is -0.102. The summed E-state index contributed by atoms with van der Waals surface area (Å²) >= 11 is 0. The highest BCUT2D eigenvalue weighted by Crippen LogP contribution is 2.14. The predicted octanol–water partition coefficient (Wildman–Crippen LogP) is 1.29. The minimum atomic E-state index is -3.49. The zero-order valence-corrected chi connectivity index (χ0v) is 14.1. The summed E-state index contributed by atoms with van der Waals surface area (Å²) in [5.41, 5.74) is 0. The zero-order valence-electron chi connectivity index (χ0n) is 13.3. The van der Waals surface area contributed by atoms with E-state index in [1.54, 1.807) is 30.3 Å². The molecule has 0 radical (unpaired) electrons. The van der Waals surface area contributed by atoms with Crippen molar-refractivity contribution in [2.75, 3.05) is 19.8 Å². The van der Waals surface area contributed by atoms with Gasteiger partial charge in [-0.1, -0.05) is 18.2 Å². The van der Waals surface area contributed by atoms with Crippen LogP contribution in [0.2, 0.25) is 0 Å². The van der Waals surface area contributed by atoms with Gasteiger partial charge in [-0.05, 0) is 38.3 Å². The van der Waals surface area contributed by atoms with Gasteiger partial charge in [-0.2, -0.15) is 0 Å². The van der Waals surface area contributed by atoms with Crippen molar-refractivity contribution in [3.8, 4) is 0 Å². The lowest BCUT2D eigenvalue weighted by Gasteiger charge is -2.23. The third kappa shape index (κ3) is 5.60. The molecule has 128 valence electrons. The van der Waals surface area contributed by atoms with Gasteiger partial charge in [0.2, 0.25) is 15.9 Å². The van der Waals surface area contributed by atoms with E-state index in [1.807, 2.05) is 6.92 Å². The normalized spacial score (nSPS) is 20.0. The Morgan fingerprint density at radius 1 is 1.35 bits per heavy atom. The molecular weight excluding hydrogens is 316 g/mol. The quantitative estimate of drug-likeness (QED) is 0.783. The van der Waals surface area contributed by atoms with Crippen LogP contribution in [0, 0.1) is 5.92 Å². The summed E-state index contributed by atoms with van der Waals surface area (Å²) in [6.45, 7) is 3.35. The first-order valence-corrected chi connectivity index (χ1v) is 9.40. The molecule has 7 heteroatoms. The molecule has 1 fully saturated rings. The average molecular weight is 340 g/mol. The van der Waals surface area contributed by atoms with Crippen molar-refractivity contribution in [1.29, 1.82) is 0 Å². The second-order valence-electron chi connectivity index (χ2n) is 5.82. The molecular formula is C16H24N2O4S. The van der Waals surface area contributed by atoms with E-state index >= 15 is 0 Å². The molecule has 2 atom stereocenters. The summed E-state index contributed by atoms with van der Waals surface area (Å²) in [6, 6.07) is 8.15. The maximum absolute atomic E-state index is 12.1. The Labute approximate surface area is 137 Å². The first-order valence-electron chi connectivity index (χ1n) is 7.92. The second-order valence-corrected chi connectivity index (χ2v) is 7.59. The number of carbonyl (C=O) groups is 1. The molecule has 1 heterocycles. The highest BCUT2D eigenvalue weighted by Gasteiger charge is 2.23. The van der Waals surface area contributed by atoms with Gasteiger partial charge in [0, 0.05) is 19.2 Å². The lowest BCUT2D eigenvalue weighted by molar-refractivity contribution is -0.129. The van der Waals surface area contributed by atoms with Crippen molar-refractivity contribution in [2.24, 2.45) is 5.92 Å². The van der Waals surface area contributed by atoms with Crippen LogP contribution >= 0.6 is 0 Å². The Morgan fingerprint density at radius 3 is 2.74 bits per heavy atom. The van der Waals surface area contributed by atoms with Gasteiger partial charge in [0.05, 0.1) is 17.4 Å². The van der Waals surface area contributed by atoms with Crippen LogP contribution in [-0.2, 0) is 19.6 Å². The summed E-state index contributed by atoms with van der Waals surface area (Å²) in [6.07, 6.45) is 2.29. The first kappa shape index (κ1) is 17.9. The van der Waals surface area contributed by atoms with E-state index < -0.39 is 10.0 Å². The van der Waals surface area contributed by atoms with E-state index in [-0.39, 0.29) is 29.3 Å². The minimum Gasteiger partial charge on any atom is -0.381 e. The molecule has 2 unspecified atom stereocenters. The monoisotopic (exact) mass is 340 g/mol. The van der Waals surface area contributed by atoms with E-state index in [0.717, 1.165) is 19.4 Å². The summed E-state index contributed by atoms with van der Waals surface area (Å²) in [4.78, 5) is 12.3. The maximum Gasteiger partial charge on any atom is 0.240 e. The van der Waals surface area contributed by atoms with Crippen LogP contribution in [0.15, 0.2) is 35.2 Å². The highest BCUT2D eigenvalue weighted by molar-refractivity contribution is 7.89. The Bertz CT molecular complexity index is 598. The largest absolute Gasteiger partial charge is 0.381 e. The summed E-state index contributed by atoms with van der Waals surface area (Å²) < 4.78 is 32.0. The molecule has 0 saturated carbocycles. The Balaban J connectivity index is 1.74. The van der Waals surface area contributed by atoms with Crippen molar-refractivity contribution in [3.63, 3.8) is 0 Å². The van der Waals surface area contributed by atoms with Gasteiger partial charge in [0.15, 0.2) is 0 Å². The number of benzene rings is 1. The molecule has 1 saturated heterocycles. The molecule has 2 N–H and O–H groups in total. The number of hydrogen-bond donors (Lipinski definition) is 2. The number of amides is 1. The third-order valence-corrected chi connectivity index (χ3v) is 5.32. The number of nitrogens with one attached hydrogen (secondary N) is 2. The first-order chi connectivity index (χ1) is 11.0. The van der Waals surface area contributed by atoms with Crippen LogP contribution in [0.1, 0.15) is 26.2 Å². The Hall–Kier alpha value is -1.44. The molecule has 0 bridgehead atoms. The van der Waals surface area contributed by atoms with Gasteiger partial charge in [-0.3, -0.25) is 4.79 Å². The SMILES string of the molecule is CC(CCNS(=O)(=O)c1ccccc1)NC(=O)C1CCCOC1. The van der Waals surface area contributed by atoms with Crippen LogP contribution in [-0.4, -0.2) is 40.1 Å². The molecule has 2 rings (SSSR count). The Morgan fingerprint density at radius 2 is 2.09 bits per heavy atom. The fourth-order valence-corrected chi connectivity index (χ4v) is 3.54. The number of sulfonamides is 1. The second kappa shape index (κ2) is 8.42. The van der Waals surface area contributed by atoms with E-state index in [9.17, 15) is 13.2 Å². The molecule has 6 nitrogen and oxygen atoms in total. The average Bonchev–Trinajstić information content (AvgIpc) is 2.56. The van der Waals surface area contributed by atoms with E-state index in [0.29, 0.717) is 13.0 Å². The number of hydrogen-bond acceptors (Lipinski definition) is 4. The summed E-state index contributed by atoms with van der Waals surface area (Å²) in [5, 5.41) is 2.92. The van der Waals surface area contributed by atoms with E-state index in [2.05, 4.69) is 10.0 Å². The van der Waals surface area contributed by atoms with Gasteiger partial charge < -0.3 is 10.1 Å². The fourth-order valence-electron chi connectivity index (χ4n) is 2.47. The molecule has 23 heavy (non-hydrogen) atoms. The van der Waals surface area contributed by atoms with Crippen LogP contribution in [0.5, 0.6) is 0 Å². The lowest BCUT2D eigenvalue weighted by atomic mass is 10.0. The molecule has 1 aromatic carbocycles. The molecule has 0 aliphatic carbocycles. The van der Waals surface area contributed by atoms with Crippen molar-refractivity contribution >= 4 is 15.9 Å². The van der Waals surface area contributed by atoms with Crippen LogP contribution in [0.25, 0.3) is 0 Å². The van der Waals surface area contributed by atoms with Crippen molar-refractivity contribution in [3.05, 3.63) is 30.3 Å². The Kier molecular flexibility index (Phi) is 6.56. The fraction of sp³-hybridized carbons (Fsp3) is 0.562. The van der Waals surface area contributed by atoms with Crippen molar-refractivity contribution in [2.45, 2.75) is 37.1 Å².